The molecule has 1 aliphatic rings. The number of nitrogens with one attached hydrogen (secondary N) is 1. The van der Waals surface area contributed by atoms with Crippen molar-refractivity contribution in [2.45, 2.75) is 64.5 Å². The molecule has 2 heteroatoms. The lowest BCUT2D eigenvalue weighted by Gasteiger charge is -2.19. The Morgan fingerprint density at radius 1 is 1.36 bits per heavy atom. The smallest absolute Gasteiger partial charge is 0.0726 e. The first-order valence-corrected chi connectivity index (χ1v) is 6.19. The number of ether oxygens (including phenoxy) is 1. The number of unbranched alkanes of at least 4 members (excludes halogenated alkanes) is 3. The van der Waals surface area contributed by atoms with Gasteiger partial charge >= 0.3 is 0 Å². The van der Waals surface area contributed by atoms with Gasteiger partial charge < -0.3 is 10.1 Å². The van der Waals surface area contributed by atoms with E-state index in [1.165, 1.54) is 38.5 Å². The van der Waals surface area contributed by atoms with Gasteiger partial charge in [-0.05, 0) is 32.7 Å². The Morgan fingerprint density at radius 2 is 2.21 bits per heavy atom. The van der Waals surface area contributed by atoms with E-state index in [0.29, 0.717) is 12.1 Å². The third-order valence-corrected chi connectivity index (χ3v) is 3.02. The molecule has 1 heterocycles. The second-order valence-electron chi connectivity index (χ2n) is 4.35. The molecule has 14 heavy (non-hydrogen) atoms. The average molecular weight is 199 g/mol. The van der Waals surface area contributed by atoms with Crippen molar-refractivity contribution >= 4 is 0 Å². The van der Waals surface area contributed by atoms with Crippen LogP contribution in [0.25, 0.3) is 0 Å². The van der Waals surface area contributed by atoms with Gasteiger partial charge in [-0.2, -0.15) is 0 Å². The molecule has 2 unspecified atom stereocenters. The summed E-state index contributed by atoms with van der Waals surface area (Å²) in [7, 11) is 0. The normalized spacial score (nSPS) is 24.0. The molecule has 2 nitrogen and oxygen atoms in total. The first-order valence-electron chi connectivity index (χ1n) is 6.19. The van der Waals surface area contributed by atoms with Crippen molar-refractivity contribution in [1.82, 2.24) is 5.32 Å². The molecule has 0 saturated carbocycles. The molecule has 0 aromatic heterocycles. The Bertz CT molecular complexity index is 132. The van der Waals surface area contributed by atoms with Crippen molar-refractivity contribution in [2.75, 3.05) is 13.2 Å². The summed E-state index contributed by atoms with van der Waals surface area (Å²) < 4.78 is 5.63. The first kappa shape index (κ1) is 12.0. The third-order valence-electron chi connectivity index (χ3n) is 3.02. The van der Waals surface area contributed by atoms with Gasteiger partial charge in [0.05, 0.1) is 6.10 Å². The van der Waals surface area contributed by atoms with Crippen LogP contribution in [-0.4, -0.2) is 25.3 Å². The van der Waals surface area contributed by atoms with Crippen LogP contribution in [0.1, 0.15) is 52.4 Å². The minimum Gasteiger partial charge on any atom is -0.377 e. The van der Waals surface area contributed by atoms with Crippen molar-refractivity contribution in [2.24, 2.45) is 0 Å². The largest absolute Gasteiger partial charge is 0.377 e. The first-order chi connectivity index (χ1) is 6.84. The van der Waals surface area contributed by atoms with Crippen molar-refractivity contribution in [3.05, 3.63) is 0 Å². The average Bonchev–Trinajstić information content (AvgIpc) is 2.70. The maximum atomic E-state index is 5.63. The van der Waals surface area contributed by atoms with Gasteiger partial charge in [-0.15, -0.1) is 0 Å². The molecule has 0 aromatic carbocycles. The van der Waals surface area contributed by atoms with Gasteiger partial charge in [-0.3, -0.25) is 0 Å². The van der Waals surface area contributed by atoms with Crippen LogP contribution in [0.4, 0.5) is 0 Å². The molecule has 0 spiro atoms. The highest BCUT2D eigenvalue weighted by Gasteiger charge is 2.21. The number of hydrogen-bond donors (Lipinski definition) is 1. The van der Waals surface area contributed by atoms with Crippen molar-refractivity contribution in [3.63, 3.8) is 0 Å². The summed E-state index contributed by atoms with van der Waals surface area (Å²) in [5.41, 5.74) is 0. The van der Waals surface area contributed by atoms with Crippen LogP contribution in [0.3, 0.4) is 0 Å². The Labute approximate surface area is 88.4 Å². The summed E-state index contributed by atoms with van der Waals surface area (Å²) in [6, 6.07) is 0.541. The van der Waals surface area contributed by atoms with E-state index in [-0.39, 0.29) is 0 Å². The van der Waals surface area contributed by atoms with Crippen LogP contribution in [0, 0.1) is 0 Å². The Balaban J connectivity index is 1.94. The number of rotatable bonds is 7. The fourth-order valence-electron chi connectivity index (χ4n) is 2.01. The molecule has 1 rings (SSSR count). The fraction of sp³-hybridized carbons (Fsp3) is 1.00. The lowest BCUT2D eigenvalue weighted by atomic mass is 10.1. The predicted octanol–water partition coefficient (Wildman–Crippen LogP) is 2.72. The van der Waals surface area contributed by atoms with Crippen LogP contribution in [0.15, 0.2) is 0 Å². The lowest BCUT2D eigenvalue weighted by Crippen LogP contribution is -2.37. The zero-order chi connectivity index (χ0) is 10.2. The van der Waals surface area contributed by atoms with Gasteiger partial charge in [0, 0.05) is 12.6 Å². The van der Waals surface area contributed by atoms with Crippen LogP contribution in [0.2, 0.25) is 0 Å². The third kappa shape index (κ3) is 4.43. The number of hydrogen-bond acceptors (Lipinski definition) is 2. The van der Waals surface area contributed by atoms with E-state index in [2.05, 4.69) is 19.2 Å². The zero-order valence-electron chi connectivity index (χ0n) is 9.72. The van der Waals surface area contributed by atoms with E-state index in [1.807, 2.05) is 0 Å². The zero-order valence-corrected chi connectivity index (χ0v) is 9.72. The van der Waals surface area contributed by atoms with E-state index in [9.17, 15) is 0 Å². The van der Waals surface area contributed by atoms with Crippen molar-refractivity contribution in [3.8, 4) is 0 Å². The maximum absolute atomic E-state index is 5.63. The molecule has 0 amide bonds. The van der Waals surface area contributed by atoms with E-state index in [4.69, 9.17) is 4.74 Å². The summed E-state index contributed by atoms with van der Waals surface area (Å²) in [5.74, 6) is 0. The van der Waals surface area contributed by atoms with Gasteiger partial charge in [0.25, 0.3) is 0 Å². The Kier molecular flexibility index (Phi) is 6.20. The second kappa shape index (κ2) is 7.24. The van der Waals surface area contributed by atoms with Gasteiger partial charge in [0.15, 0.2) is 0 Å². The van der Waals surface area contributed by atoms with Gasteiger partial charge in [-0.1, -0.05) is 26.2 Å². The molecular formula is C12H25NO. The molecule has 0 aliphatic carbocycles. The standard InChI is InChI=1S/C12H25NO/c1-3-4-5-6-9-13-11(2)12-8-7-10-14-12/h11-13H,3-10H2,1-2H3. The monoisotopic (exact) mass is 199 g/mol. The van der Waals surface area contributed by atoms with Crippen LogP contribution >= 0.6 is 0 Å². The molecule has 1 aliphatic heterocycles. The molecule has 1 N–H and O–H groups in total. The minimum absolute atomic E-state index is 0.473. The molecule has 0 aromatic rings. The SMILES string of the molecule is CCCCCCNC(C)C1CCCO1. The summed E-state index contributed by atoms with van der Waals surface area (Å²) in [6.07, 6.45) is 8.32. The summed E-state index contributed by atoms with van der Waals surface area (Å²) in [6.45, 7) is 6.62. The molecule has 2 atom stereocenters. The molecule has 0 radical (unpaired) electrons. The van der Waals surface area contributed by atoms with Crippen molar-refractivity contribution < 1.29 is 4.74 Å². The van der Waals surface area contributed by atoms with Gasteiger partial charge in [0.2, 0.25) is 0 Å². The molecule has 0 bridgehead atoms. The Morgan fingerprint density at radius 3 is 2.86 bits per heavy atom. The minimum atomic E-state index is 0.473. The van der Waals surface area contributed by atoms with Gasteiger partial charge in [-0.25, -0.2) is 0 Å². The van der Waals surface area contributed by atoms with E-state index in [1.54, 1.807) is 0 Å². The van der Waals surface area contributed by atoms with Crippen LogP contribution in [-0.2, 0) is 4.74 Å². The quantitative estimate of drug-likeness (QED) is 0.637. The van der Waals surface area contributed by atoms with E-state index >= 15 is 0 Å². The maximum Gasteiger partial charge on any atom is 0.0726 e. The fourth-order valence-corrected chi connectivity index (χ4v) is 2.01. The highest BCUT2D eigenvalue weighted by Crippen LogP contribution is 2.15. The molecule has 1 saturated heterocycles. The lowest BCUT2D eigenvalue weighted by molar-refractivity contribution is 0.0836. The van der Waals surface area contributed by atoms with Crippen LogP contribution < -0.4 is 5.32 Å². The molecule has 84 valence electrons. The second-order valence-corrected chi connectivity index (χ2v) is 4.35. The summed E-state index contributed by atoms with van der Waals surface area (Å²) >= 11 is 0. The Hall–Kier alpha value is -0.0800. The van der Waals surface area contributed by atoms with Crippen molar-refractivity contribution in [1.29, 1.82) is 0 Å². The highest BCUT2D eigenvalue weighted by molar-refractivity contribution is 4.76. The topological polar surface area (TPSA) is 21.3 Å². The highest BCUT2D eigenvalue weighted by atomic mass is 16.5. The van der Waals surface area contributed by atoms with E-state index < -0.39 is 0 Å². The van der Waals surface area contributed by atoms with Crippen LogP contribution in [0.5, 0.6) is 0 Å². The molecule has 1 fully saturated rings. The van der Waals surface area contributed by atoms with Gasteiger partial charge in [0.1, 0.15) is 0 Å². The van der Waals surface area contributed by atoms with E-state index in [0.717, 1.165) is 13.2 Å². The summed E-state index contributed by atoms with van der Waals surface area (Å²) in [4.78, 5) is 0. The predicted molar refractivity (Wildman–Crippen MR) is 60.6 cm³/mol. The molecular weight excluding hydrogens is 174 g/mol. The summed E-state index contributed by atoms with van der Waals surface area (Å²) in [5, 5.41) is 3.56.